The summed E-state index contributed by atoms with van der Waals surface area (Å²) in [6, 6.07) is 1.62. The molecule has 0 amide bonds. The van der Waals surface area contributed by atoms with Gasteiger partial charge in [-0.25, -0.2) is 9.97 Å². The number of hydrogen-bond donors (Lipinski definition) is 3. The third kappa shape index (κ3) is 4.41. The second-order valence-corrected chi connectivity index (χ2v) is 3.46. The molecule has 4 N–H and O–H groups in total. The summed E-state index contributed by atoms with van der Waals surface area (Å²) in [5.74, 6) is 1.52. The van der Waals surface area contributed by atoms with Crippen LogP contribution in [0.1, 0.15) is 19.7 Å². The van der Waals surface area contributed by atoms with Gasteiger partial charge in [-0.05, 0) is 13.8 Å². The fourth-order valence-corrected chi connectivity index (χ4v) is 1.12. The molecule has 1 heterocycles. The highest BCUT2D eigenvalue weighted by atomic mass is 16.5. The predicted molar refractivity (Wildman–Crippen MR) is 61.9 cm³/mol. The molecule has 0 aliphatic heterocycles. The summed E-state index contributed by atoms with van der Waals surface area (Å²) in [5.41, 5.74) is 5.63. The number of nitrogen functional groups attached to an aromatic ring is 1. The number of nitrogens with two attached hydrogens (primary N) is 1. The first-order valence-corrected chi connectivity index (χ1v) is 5.25. The summed E-state index contributed by atoms with van der Waals surface area (Å²) in [5, 5.41) is 12.1. The van der Waals surface area contributed by atoms with Gasteiger partial charge in [-0.3, -0.25) is 0 Å². The topological polar surface area (TPSA) is 93.3 Å². The quantitative estimate of drug-likeness (QED) is 0.649. The Kier molecular flexibility index (Phi) is 4.94. The lowest BCUT2D eigenvalue weighted by Crippen LogP contribution is -2.17. The molecule has 0 radical (unpaired) electrons. The van der Waals surface area contributed by atoms with Crippen molar-refractivity contribution in [2.75, 3.05) is 24.2 Å². The van der Waals surface area contributed by atoms with Gasteiger partial charge in [0.25, 0.3) is 0 Å². The van der Waals surface area contributed by atoms with Crippen LogP contribution < -0.4 is 11.1 Å². The van der Waals surface area contributed by atoms with Crippen LogP contribution >= 0.6 is 0 Å². The molecule has 0 saturated carbocycles. The summed E-state index contributed by atoms with van der Waals surface area (Å²) in [6.45, 7) is 4.96. The van der Waals surface area contributed by atoms with Gasteiger partial charge in [-0.15, -0.1) is 0 Å². The lowest BCUT2D eigenvalue weighted by Gasteiger charge is -2.09. The lowest BCUT2D eigenvalue weighted by molar-refractivity contribution is 0.128. The van der Waals surface area contributed by atoms with Gasteiger partial charge in [-0.2, -0.15) is 0 Å². The van der Waals surface area contributed by atoms with Crippen LogP contribution in [-0.4, -0.2) is 34.3 Å². The Labute approximate surface area is 94.9 Å². The number of hydrogen-bond acceptors (Lipinski definition) is 6. The van der Waals surface area contributed by atoms with E-state index in [1.807, 2.05) is 6.92 Å². The molecular formula is C10H18N4O2. The highest BCUT2D eigenvalue weighted by Gasteiger charge is 2.03. The van der Waals surface area contributed by atoms with E-state index >= 15 is 0 Å². The first kappa shape index (κ1) is 12.7. The van der Waals surface area contributed by atoms with E-state index < -0.39 is 6.10 Å². The molecule has 0 aliphatic rings. The summed E-state index contributed by atoms with van der Waals surface area (Å²) in [6.07, 6.45) is -0.438. The van der Waals surface area contributed by atoms with Gasteiger partial charge in [0, 0.05) is 19.2 Å². The molecule has 1 rings (SSSR count). The van der Waals surface area contributed by atoms with Crippen LogP contribution in [0, 0.1) is 0 Å². The highest BCUT2D eigenvalue weighted by Crippen LogP contribution is 2.09. The number of aromatic nitrogens is 2. The average Bonchev–Trinajstić information content (AvgIpc) is 2.23. The summed E-state index contributed by atoms with van der Waals surface area (Å²) in [4.78, 5) is 8.24. The average molecular weight is 226 g/mol. The van der Waals surface area contributed by atoms with Crippen LogP contribution in [0.2, 0.25) is 0 Å². The van der Waals surface area contributed by atoms with E-state index in [-0.39, 0.29) is 0 Å². The Hall–Kier alpha value is -1.40. The molecule has 0 aromatic carbocycles. The third-order valence-corrected chi connectivity index (χ3v) is 1.81. The third-order valence-electron chi connectivity index (χ3n) is 1.81. The maximum absolute atomic E-state index is 9.13. The fraction of sp³-hybridized carbons (Fsp3) is 0.600. The van der Waals surface area contributed by atoms with Crippen molar-refractivity contribution in [1.29, 1.82) is 0 Å². The van der Waals surface area contributed by atoms with Crippen molar-refractivity contribution in [3.63, 3.8) is 0 Å². The van der Waals surface area contributed by atoms with E-state index in [0.717, 1.165) is 0 Å². The summed E-state index contributed by atoms with van der Waals surface area (Å²) in [7, 11) is 0. The van der Waals surface area contributed by atoms with Crippen LogP contribution in [0.25, 0.3) is 0 Å². The van der Waals surface area contributed by atoms with Crippen molar-refractivity contribution in [3.05, 3.63) is 11.9 Å². The minimum Gasteiger partial charge on any atom is -0.392 e. The van der Waals surface area contributed by atoms with Crippen LogP contribution in [0.5, 0.6) is 0 Å². The van der Waals surface area contributed by atoms with Gasteiger partial charge in [0.1, 0.15) is 18.2 Å². The number of nitrogens with zero attached hydrogens (tertiary/aromatic N) is 2. The maximum atomic E-state index is 9.13. The fourth-order valence-electron chi connectivity index (χ4n) is 1.12. The number of aliphatic hydroxyl groups excluding tert-OH is 1. The predicted octanol–water partition coefficient (Wildman–Crippen LogP) is 0.388. The zero-order valence-electron chi connectivity index (χ0n) is 9.60. The Balaban J connectivity index is 2.65. The first-order valence-electron chi connectivity index (χ1n) is 5.25. The normalized spacial score (nSPS) is 12.4. The molecule has 0 aliphatic carbocycles. The molecule has 16 heavy (non-hydrogen) atoms. The van der Waals surface area contributed by atoms with Crippen molar-refractivity contribution in [2.45, 2.75) is 26.6 Å². The van der Waals surface area contributed by atoms with E-state index in [1.54, 1.807) is 13.0 Å². The lowest BCUT2D eigenvalue weighted by atomic mass is 10.4. The zero-order chi connectivity index (χ0) is 12.0. The summed E-state index contributed by atoms with van der Waals surface area (Å²) >= 11 is 0. The molecule has 0 saturated heterocycles. The Morgan fingerprint density at radius 1 is 1.56 bits per heavy atom. The minimum absolute atomic E-state index is 0.338. The van der Waals surface area contributed by atoms with Crippen LogP contribution in [0.15, 0.2) is 6.07 Å². The maximum Gasteiger partial charge on any atom is 0.158 e. The van der Waals surface area contributed by atoms with E-state index in [2.05, 4.69) is 15.3 Å². The molecular weight excluding hydrogens is 208 g/mol. The number of rotatable bonds is 6. The molecule has 1 atom stereocenters. The summed E-state index contributed by atoms with van der Waals surface area (Å²) < 4.78 is 5.20. The van der Waals surface area contributed by atoms with Gasteiger partial charge < -0.3 is 20.9 Å². The molecule has 90 valence electrons. The van der Waals surface area contributed by atoms with Gasteiger partial charge in [0.05, 0.1) is 6.10 Å². The van der Waals surface area contributed by atoms with E-state index in [9.17, 15) is 0 Å². The molecule has 0 spiro atoms. The minimum atomic E-state index is -0.438. The second kappa shape index (κ2) is 6.24. The Morgan fingerprint density at radius 3 is 2.94 bits per heavy atom. The molecule has 1 unspecified atom stereocenters. The van der Waals surface area contributed by atoms with Gasteiger partial charge >= 0.3 is 0 Å². The largest absolute Gasteiger partial charge is 0.392 e. The van der Waals surface area contributed by atoms with Crippen molar-refractivity contribution >= 4 is 11.6 Å². The van der Waals surface area contributed by atoms with E-state index in [4.69, 9.17) is 15.6 Å². The number of nitrogens with one attached hydrogen (secondary N) is 1. The Bertz CT molecular complexity index is 331. The number of aliphatic hydroxyl groups is 1. The van der Waals surface area contributed by atoms with Crippen LogP contribution in [0.4, 0.5) is 11.6 Å². The molecule has 0 fully saturated rings. The van der Waals surface area contributed by atoms with Crippen molar-refractivity contribution in [1.82, 2.24) is 9.97 Å². The van der Waals surface area contributed by atoms with Gasteiger partial charge in [0.2, 0.25) is 0 Å². The van der Waals surface area contributed by atoms with Crippen LogP contribution in [-0.2, 0) is 11.3 Å². The van der Waals surface area contributed by atoms with Gasteiger partial charge in [0.15, 0.2) is 5.82 Å². The Morgan fingerprint density at radius 2 is 2.31 bits per heavy atom. The van der Waals surface area contributed by atoms with Gasteiger partial charge in [-0.1, -0.05) is 0 Å². The molecule has 1 aromatic rings. The first-order chi connectivity index (χ1) is 7.61. The molecule has 0 bridgehead atoms. The standard InChI is InChI=1S/C10H18N4O2/c1-3-16-6-10-13-8(11)4-9(14-10)12-5-7(2)15/h4,7,15H,3,5-6H2,1-2H3,(H3,11,12,13,14). The monoisotopic (exact) mass is 226 g/mol. The van der Waals surface area contributed by atoms with Crippen molar-refractivity contribution < 1.29 is 9.84 Å². The van der Waals surface area contributed by atoms with Crippen molar-refractivity contribution in [3.8, 4) is 0 Å². The number of anilines is 2. The molecule has 6 heteroatoms. The highest BCUT2D eigenvalue weighted by molar-refractivity contribution is 5.44. The molecule has 6 nitrogen and oxygen atoms in total. The molecule has 1 aromatic heterocycles. The zero-order valence-corrected chi connectivity index (χ0v) is 9.60. The van der Waals surface area contributed by atoms with Crippen molar-refractivity contribution in [2.24, 2.45) is 0 Å². The second-order valence-electron chi connectivity index (χ2n) is 3.46. The number of ether oxygens (including phenoxy) is 1. The SMILES string of the molecule is CCOCc1nc(N)cc(NCC(C)O)n1. The van der Waals surface area contributed by atoms with E-state index in [0.29, 0.717) is 37.2 Å². The van der Waals surface area contributed by atoms with E-state index in [1.165, 1.54) is 0 Å². The van der Waals surface area contributed by atoms with Crippen LogP contribution in [0.3, 0.4) is 0 Å². The smallest absolute Gasteiger partial charge is 0.158 e.